The number of piperidine rings is 1. The van der Waals surface area contributed by atoms with E-state index in [0.717, 1.165) is 25.4 Å². The molecule has 20 heavy (non-hydrogen) atoms. The molecule has 110 valence electrons. The Balaban J connectivity index is 1.66. The number of methoxy groups -OCH3 is 2. The molecule has 1 aromatic rings. The van der Waals surface area contributed by atoms with Gasteiger partial charge in [-0.15, -0.1) is 0 Å². The van der Waals surface area contributed by atoms with Gasteiger partial charge in [0.05, 0.1) is 18.2 Å². The van der Waals surface area contributed by atoms with Crippen LogP contribution in [-0.2, 0) is 11.3 Å². The Labute approximate surface area is 125 Å². The second-order valence-corrected chi connectivity index (χ2v) is 6.37. The lowest BCUT2D eigenvalue weighted by atomic mass is 9.94. The van der Waals surface area contributed by atoms with E-state index in [9.17, 15) is 0 Å². The van der Waals surface area contributed by atoms with Crippen LogP contribution in [-0.4, -0.2) is 38.3 Å². The van der Waals surface area contributed by atoms with E-state index in [0.29, 0.717) is 23.0 Å². The summed E-state index contributed by atoms with van der Waals surface area (Å²) in [4.78, 5) is 2.54. The van der Waals surface area contributed by atoms with Gasteiger partial charge in [0.15, 0.2) is 0 Å². The van der Waals surface area contributed by atoms with Crippen LogP contribution in [0.1, 0.15) is 18.4 Å². The zero-order valence-corrected chi connectivity index (χ0v) is 12.9. The van der Waals surface area contributed by atoms with E-state index < -0.39 is 0 Å². The number of hydrogen-bond acceptors (Lipinski definition) is 3. The minimum absolute atomic E-state index is 0.478. The van der Waals surface area contributed by atoms with Gasteiger partial charge in [-0.2, -0.15) is 0 Å². The number of rotatable bonds is 4. The van der Waals surface area contributed by atoms with E-state index >= 15 is 0 Å². The summed E-state index contributed by atoms with van der Waals surface area (Å²) in [7, 11) is 3.50. The van der Waals surface area contributed by atoms with Crippen molar-refractivity contribution in [2.75, 3.05) is 27.3 Å². The van der Waals surface area contributed by atoms with Crippen molar-refractivity contribution in [2.24, 2.45) is 11.8 Å². The Hall–Kier alpha value is -0.770. The maximum atomic E-state index is 6.20. The molecule has 1 aliphatic carbocycles. The highest BCUT2D eigenvalue weighted by atomic mass is 35.5. The van der Waals surface area contributed by atoms with Crippen molar-refractivity contribution in [3.63, 3.8) is 0 Å². The topological polar surface area (TPSA) is 21.7 Å². The zero-order valence-electron chi connectivity index (χ0n) is 12.1. The lowest BCUT2D eigenvalue weighted by Gasteiger charge is -2.37. The Morgan fingerprint density at radius 2 is 1.90 bits per heavy atom. The SMILES string of the molecule is COc1ccc(CN2C[C@H]3CC[C@@H](C2)C3OC)cc1Cl. The number of halogens is 1. The molecule has 1 saturated heterocycles. The van der Waals surface area contributed by atoms with E-state index in [1.165, 1.54) is 18.4 Å². The van der Waals surface area contributed by atoms with Gasteiger partial charge in [0, 0.05) is 26.7 Å². The monoisotopic (exact) mass is 295 g/mol. The first-order valence-corrected chi connectivity index (χ1v) is 7.66. The van der Waals surface area contributed by atoms with Crippen LogP contribution in [0.4, 0.5) is 0 Å². The van der Waals surface area contributed by atoms with E-state index in [-0.39, 0.29) is 0 Å². The standard InChI is InChI=1S/C16H22ClNO2/c1-19-15-6-3-11(7-14(15)17)8-18-9-12-4-5-13(10-18)16(12)20-2/h3,6-7,12-13,16H,4-5,8-10H2,1-2H3/t12-,13+,16?. The first-order chi connectivity index (χ1) is 9.71. The van der Waals surface area contributed by atoms with Crippen LogP contribution in [0.25, 0.3) is 0 Å². The van der Waals surface area contributed by atoms with E-state index in [1.54, 1.807) is 7.11 Å². The summed E-state index contributed by atoms with van der Waals surface area (Å²) in [6, 6.07) is 6.08. The average molecular weight is 296 g/mol. The normalized spacial score (nSPS) is 29.6. The highest BCUT2D eigenvalue weighted by molar-refractivity contribution is 6.32. The molecule has 0 radical (unpaired) electrons. The Kier molecular flexibility index (Phi) is 4.20. The quantitative estimate of drug-likeness (QED) is 0.851. The molecule has 2 aliphatic rings. The van der Waals surface area contributed by atoms with Gasteiger partial charge in [0.25, 0.3) is 0 Å². The molecule has 0 N–H and O–H groups in total. The van der Waals surface area contributed by atoms with E-state index in [2.05, 4.69) is 11.0 Å². The first kappa shape index (κ1) is 14.2. The highest BCUT2D eigenvalue weighted by Crippen LogP contribution is 2.39. The Bertz CT molecular complexity index is 466. The van der Waals surface area contributed by atoms with E-state index in [1.807, 2.05) is 19.2 Å². The van der Waals surface area contributed by atoms with Crippen LogP contribution in [0.2, 0.25) is 5.02 Å². The number of hydrogen-bond donors (Lipinski definition) is 0. The third-order valence-corrected chi connectivity index (χ3v) is 5.01. The predicted octanol–water partition coefficient (Wildman–Crippen LogP) is 3.21. The summed E-state index contributed by atoms with van der Waals surface area (Å²) in [5.74, 6) is 2.15. The predicted molar refractivity (Wildman–Crippen MR) is 80.3 cm³/mol. The molecule has 1 aromatic carbocycles. The molecule has 0 aromatic heterocycles. The fourth-order valence-electron chi connectivity index (χ4n) is 3.85. The maximum Gasteiger partial charge on any atom is 0.137 e. The molecule has 3 nitrogen and oxygen atoms in total. The van der Waals surface area contributed by atoms with Crippen molar-refractivity contribution in [1.82, 2.24) is 4.90 Å². The number of benzene rings is 1. The fraction of sp³-hybridized carbons (Fsp3) is 0.625. The molecular formula is C16H22ClNO2. The van der Waals surface area contributed by atoms with Gasteiger partial charge < -0.3 is 9.47 Å². The summed E-state index contributed by atoms with van der Waals surface area (Å²) in [5, 5.41) is 0.694. The van der Waals surface area contributed by atoms with Crippen molar-refractivity contribution in [1.29, 1.82) is 0 Å². The lowest BCUT2D eigenvalue weighted by molar-refractivity contribution is -0.0180. The third kappa shape index (κ3) is 2.67. The van der Waals surface area contributed by atoms with Gasteiger partial charge in [0.2, 0.25) is 0 Å². The summed E-state index contributed by atoms with van der Waals surface area (Å²) >= 11 is 6.20. The van der Waals surface area contributed by atoms with Crippen LogP contribution in [0.5, 0.6) is 5.75 Å². The second kappa shape index (κ2) is 5.92. The molecule has 1 aliphatic heterocycles. The number of likely N-dealkylation sites (tertiary alicyclic amines) is 1. The summed E-state index contributed by atoms with van der Waals surface area (Å²) in [6.07, 6.45) is 3.09. The van der Waals surface area contributed by atoms with Crippen molar-refractivity contribution in [2.45, 2.75) is 25.5 Å². The van der Waals surface area contributed by atoms with Crippen molar-refractivity contribution >= 4 is 11.6 Å². The highest BCUT2D eigenvalue weighted by Gasteiger charge is 2.41. The zero-order chi connectivity index (χ0) is 14.1. The number of fused-ring (bicyclic) bond motifs is 2. The smallest absolute Gasteiger partial charge is 0.137 e. The first-order valence-electron chi connectivity index (χ1n) is 7.29. The van der Waals surface area contributed by atoms with Crippen LogP contribution in [0, 0.1) is 11.8 Å². The molecule has 4 heteroatoms. The maximum absolute atomic E-state index is 6.20. The van der Waals surface area contributed by atoms with Gasteiger partial charge in [-0.05, 0) is 42.4 Å². The molecule has 1 heterocycles. The molecule has 0 spiro atoms. The van der Waals surface area contributed by atoms with Crippen molar-refractivity contribution in [3.05, 3.63) is 28.8 Å². The van der Waals surface area contributed by atoms with Crippen LogP contribution in [0.15, 0.2) is 18.2 Å². The van der Waals surface area contributed by atoms with Gasteiger partial charge in [0.1, 0.15) is 5.75 Å². The number of nitrogens with zero attached hydrogens (tertiary/aromatic N) is 1. The van der Waals surface area contributed by atoms with E-state index in [4.69, 9.17) is 21.1 Å². The minimum Gasteiger partial charge on any atom is -0.495 e. The molecule has 3 rings (SSSR count). The summed E-state index contributed by atoms with van der Waals surface area (Å²) in [5.41, 5.74) is 1.26. The van der Waals surface area contributed by atoms with Crippen molar-refractivity contribution < 1.29 is 9.47 Å². The van der Waals surface area contributed by atoms with Gasteiger partial charge in [-0.25, -0.2) is 0 Å². The summed E-state index contributed by atoms with van der Waals surface area (Å²) in [6.45, 7) is 3.24. The molecule has 2 fully saturated rings. The number of ether oxygens (including phenoxy) is 2. The molecule has 3 atom stereocenters. The molecule has 2 bridgehead atoms. The third-order valence-electron chi connectivity index (χ3n) is 4.72. The lowest BCUT2D eigenvalue weighted by Crippen LogP contribution is -2.45. The van der Waals surface area contributed by atoms with Gasteiger partial charge >= 0.3 is 0 Å². The Morgan fingerprint density at radius 1 is 1.20 bits per heavy atom. The molecular weight excluding hydrogens is 274 g/mol. The van der Waals surface area contributed by atoms with Gasteiger partial charge in [-0.1, -0.05) is 17.7 Å². The van der Waals surface area contributed by atoms with Crippen LogP contribution >= 0.6 is 11.6 Å². The van der Waals surface area contributed by atoms with Crippen molar-refractivity contribution in [3.8, 4) is 5.75 Å². The summed E-state index contributed by atoms with van der Waals surface area (Å²) < 4.78 is 10.9. The largest absolute Gasteiger partial charge is 0.495 e. The van der Waals surface area contributed by atoms with Gasteiger partial charge in [-0.3, -0.25) is 4.90 Å². The molecule has 1 unspecified atom stereocenters. The van der Waals surface area contributed by atoms with Crippen LogP contribution < -0.4 is 4.74 Å². The minimum atomic E-state index is 0.478. The fourth-order valence-corrected chi connectivity index (χ4v) is 4.13. The second-order valence-electron chi connectivity index (χ2n) is 5.96. The average Bonchev–Trinajstić information content (AvgIpc) is 2.69. The molecule has 0 amide bonds. The Morgan fingerprint density at radius 3 is 2.45 bits per heavy atom. The molecule has 1 saturated carbocycles. The van der Waals surface area contributed by atoms with Crippen LogP contribution in [0.3, 0.4) is 0 Å².